The molecule has 2 aromatic carbocycles. The van der Waals surface area contributed by atoms with Crippen molar-refractivity contribution < 1.29 is 14.3 Å². The highest BCUT2D eigenvalue weighted by Gasteiger charge is 2.49. The Labute approximate surface area is 164 Å². The van der Waals surface area contributed by atoms with Crippen LogP contribution in [0.2, 0.25) is 5.02 Å². The standard InChI is InChI=1S/C21H23ClN2O3/c1-3-24(13-14-7-5-4-6-8-14)21(26)17-12-16(17)20(25)23-15-9-10-19(27-2)18(22)11-15/h4-11,16-17H,3,12-13H2,1-2H3,(H,23,25). The number of methoxy groups -OCH3 is 1. The van der Waals surface area contributed by atoms with Crippen LogP contribution in [-0.4, -0.2) is 30.4 Å². The molecule has 1 saturated carbocycles. The molecule has 6 heteroatoms. The number of rotatable bonds is 7. The number of halogens is 1. The molecule has 142 valence electrons. The number of hydrogen-bond acceptors (Lipinski definition) is 3. The number of carbonyl (C=O) groups is 2. The van der Waals surface area contributed by atoms with Gasteiger partial charge in [0.05, 0.1) is 24.0 Å². The van der Waals surface area contributed by atoms with Crippen LogP contribution in [0.5, 0.6) is 5.75 Å². The van der Waals surface area contributed by atoms with Crippen LogP contribution in [0.3, 0.4) is 0 Å². The Morgan fingerprint density at radius 1 is 1.19 bits per heavy atom. The minimum absolute atomic E-state index is 0.0364. The van der Waals surface area contributed by atoms with E-state index in [4.69, 9.17) is 16.3 Å². The molecular formula is C21H23ClN2O3. The predicted molar refractivity (Wildman–Crippen MR) is 106 cm³/mol. The van der Waals surface area contributed by atoms with E-state index in [0.717, 1.165) is 5.56 Å². The highest BCUT2D eigenvalue weighted by molar-refractivity contribution is 6.32. The third-order valence-corrected chi connectivity index (χ3v) is 5.07. The van der Waals surface area contributed by atoms with Crippen LogP contribution >= 0.6 is 11.6 Å². The maximum Gasteiger partial charge on any atom is 0.228 e. The largest absolute Gasteiger partial charge is 0.495 e. The van der Waals surface area contributed by atoms with Gasteiger partial charge in [-0.15, -0.1) is 0 Å². The molecule has 2 amide bonds. The molecule has 1 N–H and O–H groups in total. The van der Waals surface area contributed by atoms with Crippen molar-refractivity contribution in [3.63, 3.8) is 0 Å². The van der Waals surface area contributed by atoms with Gasteiger partial charge in [-0.25, -0.2) is 0 Å². The van der Waals surface area contributed by atoms with Crippen molar-refractivity contribution in [1.82, 2.24) is 4.90 Å². The normalized spacial score (nSPS) is 17.9. The Morgan fingerprint density at radius 3 is 2.56 bits per heavy atom. The Kier molecular flexibility index (Phi) is 6.01. The van der Waals surface area contributed by atoms with E-state index < -0.39 is 0 Å². The van der Waals surface area contributed by atoms with Gasteiger partial charge in [0, 0.05) is 18.8 Å². The van der Waals surface area contributed by atoms with Crippen LogP contribution in [0.15, 0.2) is 48.5 Å². The summed E-state index contributed by atoms with van der Waals surface area (Å²) in [6.07, 6.45) is 0.583. The van der Waals surface area contributed by atoms with Crippen LogP contribution < -0.4 is 10.1 Å². The number of benzene rings is 2. The molecule has 0 heterocycles. The van der Waals surface area contributed by atoms with Gasteiger partial charge in [0.1, 0.15) is 5.75 Å². The quantitative estimate of drug-likeness (QED) is 0.783. The molecule has 2 aromatic rings. The van der Waals surface area contributed by atoms with Gasteiger partial charge in [-0.1, -0.05) is 41.9 Å². The molecule has 0 saturated heterocycles. The fourth-order valence-corrected chi connectivity index (χ4v) is 3.38. The monoisotopic (exact) mass is 386 g/mol. The van der Waals surface area contributed by atoms with Gasteiger partial charge in [0.2, 0.25) is 11.8 Å². The Morgan fingerprint density at radius 2 is 1.93 bits per heavy atom. The maximum absolute atomic E-state index is 12.8. The summed E-state index contributed by atoms with van der Waals surface area (Å²) >= 11 is 6.09. The average Bonchev–Trinajstić information content (AvgIpc) is 3.47. The van der Waals surface area contributed by atoms with Gasteiger partial charge >= 0.3 is 0 Å². The van der Waals surface area contributed by atoms with Crippen molar-refractivity contribution in [2.24, 2.45) is 11.8 Å². The lowest BCUT2D eigenvalue weighted by atomic mass is 10.2. The van der Waals surface area contributed by atoms with Gasteiger partial charge in [-0.05, 0) is 37.1 Å². The van der Waals surface area contributed by atoms with Crippen LogP contribution in [-0.2, 0) is 16.1 Å². The predicted octanol–water partition coefficient (Wildman–Crippen LogP) is 3.97. The average molecular weight is 387 g/mol. The summed E-state index contributed by atoms with van der Waals surface area (Å²) in [4.78, 5) is 27.0. The maximum atomic E-state index is 12.8. The molecule has 27 heavy (non-hydrogen) atoms. The van der Waals surface area contributed by atoms with Gasteiger partial charge < -0.3 is 15.0 Å². The molecule has 2 atom stereocenters. The molecule has 0 radical (unpaired) electrons. The number of ether oxygens (including phenoxy) is 1. The van der Waals surface area contributed by atoms with Crippen LogP contribution in [0, 0.1) is 11.8 Å². The summed E-state index contributed by atoms with van der Waals surface area (Å²) in [6, 6.07) is 14.9. The zero-order chi connectivity index (χ0) is 19.4. The number of nitrogens with one attached hydrogen (secondary N) is 1. The fraction of sp³-hybridized carbons (Fsp3) is 0.333. The van der Waals surface area contributed by atoms with E-state index in [0.29, 0.717) is 36.0 Å². The van der Waals surface area contributed by atoms with E-state index >= 15 is 0 Å². The summed E-state index contributed by atoms with van der Waals surface area (Å²) in [6.45, 7) is 3.14. The van der Waals surface area contributed by atoms with Gasteiger partial charge in [0.25, 0.3) is 0 Å². The Balaban J connectivity index is 1.58. The summed E-state index contributed by atoms with van der Waals surface area (Å²) < 4.78 is 5.11. The number of nitrogens with zero attached hydrogens (tertiary/aromatic N) is 1. The molecule has 1 aliphatic carbocycles. The summed E-state index contributed by atoms with van der Waals surface area (Å²) in [5, 5.41) is 3.27. The van der Waals surface area contributed by atoms with E-state index in [1.54, 1.807) is 23.1 Å². The van der Waals surface area contributed by atoms with Crippen molar-refractivity contribution in [3.05, 3.63) is 59.1 Å². The van der Waals surface area contributed by atoms with E-state index in [1.165, 1.54) is 7.11 Å². The van der Waals surface area contributed by atoms with Crippen molar-refractivity contribution in [1.29, 1.82) is 0 Å². The van der Waals surface area contributed by atoms with Crippen molar-refractivity contribution >= 4 is 29.1 Å². The van der Waals surface area contributed by atoms with E-state index in [9.17, 15) is 9.59 Å². The zero-order valence-corrected chi connectivity index (χ0v) is 16.2. The molecule has 1 aliphatic rings. The van der Waals surface area contributed by atoms with Gasteiger partial charge in [0.15, 0.2) is 0 Å². The topological polar surface area (TPSA) is 58.6 Å². The number of carbonyl (C=O) groups excluding carboxylic acids is 2. The number of hydrogen-bond donors (Lipinski definition) is 1. The molecule has 2 unspecified atom stereocenters. The highest BCUT2D eigenvalue weighted by atomic mass is 35.5. The highest BCUT2D eigenvalue weighted by Crippen LogP contribution is 2.41. The van der Waals surface area contributed by atoms with Gasteiger partial charge in [-0.2, -0.15) is 0 Å². The first-order chi connectivity index (χ1) is 13.0. The third kappa shape index (κ3) is 4.61. The Bertz CT molecular complexity index is 825. The first kappa shape index (κ1) is 19.2. The van der Waals surface area contributed by atoms with Crippen molar-refractivity contribution in [3.8, 4) is 5.75 Å². The fourth-order valence-electron chi connectivity index (χ4n) is 3.12. The molecule has 0 bridgehead atoms. The smallest absolute Gasteiger partial charge is 0.228 e. The molecular weight excluding hydrogens is 364 g/mol. The van der Waals surface area contributed by atoms with E-state index in [2.05, 4.69) is 5.32 Å². The molecule has 0 aromatic heterocycles. The third-order valence-electron chi connectivity index (χ3n) is 4.77. The SMILES string of the molecule is CCN(Cc1ccccc1)C(=O)C1CC1C(=O)Nc1ccc(OC)c(Cl)c1. The second-order valence-electron chi connectivity index (χ2n) is 6.63. The van der Waals surface area contributed by atoms with Crippen molar-refractivity contribution in [2.45, 2.75) is 19.9 Å². The lowest BCUT2D eigenvalue weighted by Gasteiger charge is -2.21. The molecule has 0 aliphatic heterocycles. The summed E-state index contributed by atoms with van der Waals surface area (Å²) in [5.74, 6) is -0.0983. The van der Waals surface area contributed by atoms with Crippen LogP contribution in [0.25, 0.3) is 0 Å². The molecule has 0 spiro atoms. The zero-order valence-electron chi connectivity index (χ0n) is 15.4. The van der Waals surface area contributed by atoms with E-state index in [1.807, 2.05) is 37.3 Å². The molecule has 3 rings (SSSR count). The van der Waals surface area contributed by atoms with Crippen LogP contribution in [0.4, 0.5) is 5.69 Å². The Hall–Kier alpha value is -2.53. The minimum Gasteiger partial charge on any atom is -0.495 e. The second-order valence-corrected chi connectivity index (χ2v) is 7.03. The minimum atomic E-state index is -0.289. The second kappa shape index (κ2) is 8.44. The lowest BCUT2D eigenvalue weighted by Crippen LogP contribution is -2.33. The number of amides is 2. The number of anilines is 1. The first-order valence-electron chi connectivity index (χ1n) is 9.00. The summed E-state index contributed by atoms with van der Waals surface area (Å²) in [5.41, 5.74) is 1.68. The van der Waals surface area contributed by atoms with Gasteiger partial charge in [-0.3, -0.25) is 9.59 Å². The molecule has 5 nitrogen and oxygen atoms in total. The van der Waals surface area contributed by atoms with Crippen LogP contribution in [0.1, 0.15) is 18.9 Å². The summed E-state index contributed by atoms with van der Waals surface area (Å²) in [7, 11) is 1.54. The molecule has 1 fully saturated rings. The lowest BCUT2D eigenvalue weighted by molar-refractivity contribution is -0.134. The van der Waals surface area contributed by atoms with Crippen molar-refractivity contribution in [2.75, 3.05) is 19.0 Å². The van der Waals surface area contributed by atoms with E-state index in [-0.39, 0.29) is 23.7 Å². The first-order valence-corrected chi connectivity index (χ1v) is 9.38.